The lowest BCUT2D eigenvalue weighted by Crippen LogP contribution is -2.07. The predicted molar refractivity (Wildman–Crippen MR) is 86.3 cm³/mol. The van der Waals surface area contributed by atoms with Crippen molar-refractivity contribution in [3.8, 4) is 0 Å². The minimum absolute atomic E-state index is 0.187. The normalized spacial score (nSPS) is 12.2. The van der Waals surface area contributed by atoms with E-state index in [9.17, 15) is 0 Å². The fourth-order valence-corrected chi connectivity index (χ4v) is 3.07. The first-order valence-corrected chi connectivity index (χ1v) is 7.81. The largest absolute Gasteiger partial charge is 0.378 e. The molecule has 1 N–H and O–H groups in total. The van der Waals surface area contributed by atoms with E-state index in [0.29, 0.717) is 0 Å². The van der Waals surface area contributed by atoms with Crippen molar-refractivity contribution in [2.24, 2.45) is 0 Å². The van der Waals surface area contributed by atoms with Gasteiger partial charge in [0.15, 0.2) is 0 Å². The second-order valence-electron chi connectivity index (χ2n) is 4.32. The van der Waals surface area contributed by atoms with E-state index in [0.717, 1.165) is 16.3 Å². The molecule has 19 heavy (non-hydrogen) atoms. The van der Waals surface area contributed by atoms with Crippen molar-refractivity contribution in [1.29, 1.82) is 0 Å². The van der Waals surface area contributed by atoms with Gasteiger partial charge < -0.3 is 5.32 Å². The minimum atomic E-state index is 0.187. The molecule has 0 amide bonds. The van der Waals surface area contributed by atoms with Crippen LogP contribution in [-0.2, 0) is 0 Å². The van der Waals surface area contributed by atoms with Crippen molar-refractivity contribution in [1.82, 2.24) is 0 Å². The molecule has 0 aliphatic heterocycles. The SMILES string of the molecule is CCSc1ccccc1NC(C)c1ccccc1Cl. The van der Waals surface area contributed by atoms with Crippen LogP contribution in [0, 0.1) is 0 Å². The molecule has 0 radical (unpaired) electrons. The Balaban J connectivity index is 2.19. The van der Waals surface area contributed by atoms with E-state index in [-0.39, 0.29) is 6.04 Å². The summed E-state index contributed by atoms with van der Waals surface area (Å²) in [6.07, 6.45) is 0. The molecule has 2 aromatic carbocycles. The van der Waals surface area contributed by atoms with Crippen LogP contribution in [0.1, 0.15) is 25.5 Å². The maximum Gasteiger partial charge on any atom is 0.0500 e. The third-order valence-electron chi connectivity index (χ3n) is 2.93. The van der Waals surface area contributed by atoms with E-state index in [1.54, 1.807) is 0 Å². The summed E-state index contributed by atoms with van der Waals surface area (Å²) in [7, 11) is 0. The van der Waals surface area contributed by atoms with Gasteiger partial charge in [-0.1, -0.05) is 48.9 Å². The molecular formula is C16H18ClNS. The molecule has 3 heteroatoms. The highest BCUT2D eigenvalue weighted by Crippen LogP contribution is 2.31. The molecule has 0 aromatic heterocycles. The third kappa shape index (κ3) is 3.68. The van der Waals surface area contributed by atoms with Crippen LogP contribution in [0.15, 0.2) is 53.4 Å². The van der Waals surface area contributed by atoms with Crippen molar-refractivity contribution in [3.63, 3.8) is 0 Å². The summed E-state index contributed by atoms with van der Waals surface area (Å²) < 4.78 is 0. The minimum Gasteiger partial charge on any atom is -0.378 e. The van der Waals surface area contributed by atoms with Crippen LogP contribution in [0.25, 0.3) is 0 Å². The molecular weight excluding hydrogens is 274 g/mol. The second-order valence-corrected chi connectivity index (χ2v) is 6.03. The molecule has 100 valence electrons. The van der Waals surface area contributed by atoms with Gasteiger partial charge in [-0.3, -0.25) is 0 Å². The summed E-state index contributed by atoms with van der Waals surface area (Å²) in [6, 6.07) is 16.6. The highest BCUT2D eigenvalue weighted by molar-refractivity contribution is 7.99. The third-order valence-corrected chi connectivity index (χ3v) is 4.23. The molecule has 0 aliphatic rings. The quantitative estimate of drug-likeness (QED) is 0.717. The Morgan fingerprint density at radius 3 is 2.53 bits per heavy atom. The summed E-state index contributed by atoms with van der Waals surface area (Å²) in [5.74, 6) is 1.07. The Morgan fingerprint density at radius 2 is 1.79 bits per heavy atom. The molecule has 0 bridgehead atoms. The standard InChI is InChI=1S/C16H18ClNS/c1-3-19-16-11-7-6-10-15(16)18-12(2)13-8-4-5-9-14(13)17/h4-12,18H,3H2,1-2H3. The van der Waals surface area contributed by atoms with Crippen LogP contribution in [0.3, 0.4) is 0 Å². The van der Waals surface area contributed by atoms with Gasteiger partial charge in [-0.05, 0) is 36.4 Å². The fourth-order valence-electron chi connectivity index (χ4n) is 2.00. The van der Waals surface area contributed by atoms with Gasteiger partial charge in [0, 0.05) is 15.6 Å². The molecule has 2 rings (SSSR count). The Hall–Kier alpha value is -1.12. The monoisotopic (exact) mass is 291 g/mol. The van der Waals surface area contributed by atoms with E-state index in [1.807, 2.05) is 30.0 Å². The molecule has 1 nitrogen and oxygen atoms in total. The van der Waals surface area contributed by atoms with Gasteiger partial charge in [0.05, 0.1) is 6.04 Å². The molecule has 0 aliphatic carbocycles. The van der Waals surface area contributed by atoms with E-state index < -0.39 is 0 Å². The van der Waals surface area contributed by atoms with Gasteiger partial charge in [0.25, 0.3) is 0 Å². The number of benzene rings is 2. The first kappa shape index (κ1) is 14.3. The Morgan fingerprint density at radius 1 is 1.11 bits per heavy atom. The van der Waals surface area contributed by atoms with Gasteiger partial charge >= 0.3 is 0 Å². The van der Waals surface area contributed by atoms with Gasteiger partial charge in [0.1, 0.15) is 0 Å². The van der Waals surface area contributed by atoms with Crippen LogP contribution in [0.5, 0.6) is 0 Å². The first-order chi connectivity index (χ1) is 9.22. The highest BCUT2D eigenvalue weighted by Gasteiger charge is 2.10. The van der Waals surface area contributed by atoms with Crippen LogP contribution in [0.4, 0.5) is 5.69 Å². The molecule has 1 unspecified atom stereocenters. The number of halogens is 1. The zero-order valence-corrected chi connectivity index (χ0v) is 12.8. The maximum absolute atomic E-state index is 6.24. The molecule has 2 aromatic rings. The summed E-state index contributed by atoms with van der Waals surface area (Å²) in [5.41, 5.74) is 2.29. The van der Waals surface area contributed by atoms with Crippen LogP contribution in [0.2, 0.25) is 5.02 Å². The molecule has 0 fully saturated rings. The van der Waals surface area contributed by atoms with Crippen LogP contribution in [-0.4, -0.2) is 5.75 Å². The summed E-state index contributed by atoms with van der Waals surface area (Å²) in [6.45, 7) is 4.30. The maximum atomic E-state index is 6.24. The molecule has 0 heterocycles. The number of rotatable bonds is 5. The predicted octanol–water partition coefficient (Wildman–Crippen LogP) is 5.63. The summed E-state index contributed by atoms with van der Waals surface area (Å²) >= 11 is 8.09. The Labute approximate surface area is 124 Å². The van der Waals surface area contributed by atoms with Crippen molar-refractivity contribution < 1.29 is 0 Å². The Bertz CT molecular complexity index is 542. The second kappa shape index (κ2) is 6.88. The molecule has 0 saturated carbocycles. The zero-order valence-electron chi connectivity index (χ0n) is 11.2. The van der Waals surface area contributed by atoms with Crippen LogP contribution < -0.4 is 5.32 Å². The Kier molecular flexibility index (Phi) is 5.17. The van der Waals surface area contributed by atoms with Crippen molar-refractivity contribution >= 4 is 29.1 Å². The van der Waals surface area contributed by atoms with Crippen molar-refractivity contribution in [2.75, 3.05) is 11.1 Å². The number of nitrogens with one attached hydrogen (secondary N) is 1. The first-order valence-electron chi connectivity index (χ1n) is 6.45. The fraction of sp³-hybridized carbons (Fsp3) is 0.250. The number of para-hydroxylation sites is 1. The summed E-state index contributed by atoms with van der Waals surface area (Å²) in [5, 5.41) is 4.36. The summed E-state index contributed by atoms with van der Waals surface area (Å²) in [4.78, 5) is 1.28. The van der Waals surface area contributed by atoms with Gasteiger partial charge in [-0.15, -0.1) is 11.8 Å². The number of thioether (sulfide) groups is 1. The smallest absolute Gasteiger partial charge is 0.0500 e. The van der Waals surface area contributed by atoms with E-state index in [1.165, 1.54) is 10.6 Å². The topological polar surface area (TPSA) is 12.0 Å². The number of anilines is 1. The molecule has 0 saturated heterocycles. The van der Waals surface area contributed by atoms with Crippen LogP contribution >= 0.6 is 23.4 Å². The lowest BCUT2D eigenvalue weighted by molar-refractivity contribution is 0.880. The van der Waals surface area contributed by atoms with Gasteiger partial charge in [-0.25, -0.2) is 0 Å². The lowest BCUT2D eigenvalue weighted by Gasteiger charge is -2.19. The lowest BCUT2D eigenvalue weighted by atomic mass is 10.1. The average molecular weight is 292 g/mol. The van der Waals surface area contributed by atoms with Gasteiger partial charge in [-0.2, -0.15) is 0 Å². The van der Waals surface area contributed by atoms with Gasteiger partial charge in [0.2, 0.25) is 0 Å². The number of hydrogen-bond acceptors (Lipinski definition) is 2. The molecule has 1 atom stereocenters. The van der Waals surface area contributed by atoms with Crippen molar-refractivity contribution in [3.05, 3.63) is 59.1 Å². The highest BCUT2D eigenvalue weighted by atomic mass is 35.5. The van der Waals surface area contributed by atoms with E-state index in [4.69, 9.17) is 11.6 Å². The van der Waals surface area contributed by atoms with Crippen molar-refractivity contribution in [2.45, 2.75) is 24.8 Å². The number of hydrogen-bond donors (Lipinski definition) is 1. The average Bonchev–Trinajstić information content (AvgIpc) is 2.41. The molecule has 0 spiro atoms. The van der Waals surface area contributed by atoms with E-state index in [2.05, 4.69) is 49.5 Å². The van der Waals surface area contributed by atoms with E-state index >= 15 is 0 Å². The zero-order chi connectivity index (χ0) is 13.7.